The highest BCUT2D eigenvalue weighted by Gasteiger charge is 2.21. The number of amides is 2. The number of quaternary nitrogens is 1. The van der Waals surface area contributed by atoms with E-state index < -0.39 is 0 Å². The van der Waals surface area contributed by atoms with Crippen molar-refractivity contribution >= 4 is 28.3 Å². The smallest absolute Gasteiger partial charge is 0.226 e. The van der Waals surface area contributed by atoms with E-state index >= 15 is 0 Å². The van der Waals surface area contributed by atoms with E-state index in [0.717, 1.165) is 44.0 Å². The van der Waals surface area contributed by atoms with E-state index in [4.69, 9.17) is 0 Å². The molecule has 2 rings (SSSR count). The number of aryl methyl sites for hydroxylation is 1. The highest BCUT2D eigenvalue weighted by molar-refractivity contribution is 7.15. The largest absolute Gasteiger partial charge is 0.334 e. The van der Waals surface area contributed by atoms with E-state index in [-0.39, 0.29) is 24.7 Å². The summed E-state index contributed by atoms with van der Waals surface area (Å²) in [5, 5.41) is 12.1. The van der Waals surface area contributed by atoms with Crippen LogP contribution in [0.25, 0.3) is 0 Å². The van der Waals surface area contributed by atoms with Gasteiger partial charge in [0.2, 0.25) is 16.9 Å². The minimum Gasteiger partial charge on any atom is -0.334 e. The second-order valence-electron chi connectivity index (χ2n) is 5.64. The van der Waals surface area contributed by atoms with Crippen LogP contribution in [0.2, 0.25) is 0 Å². The molecule has 7 nitrogen and oxygen atoms in total. The number of nitrogens with zero attached hydrogens (tertiary/aromatic N) is 3. The van der Waals surface area contributed by atoms with Crippen molar-refractivity contribution in [1.29, 1.82) is 0 Å². The van der Waals surface area contributed by atoms with Gasteiger partial charge < -0.3 is 15.1 Å². The summed E-state index contributed by atoms with van der Waals surface area (Å²) in [6.07, 6.45) is 2.33. The number of nitrogens with one attached hydrogen (secondary N) is 2. The minimum atomic E-state index is -0.174. The first kappa shape index (κ1) is 16.8. The monoisotopic (exact) mass is 326 g/mol. The Labute approximate surface area is 134 Å². The lowest BCUT2D eigenvalue weighted by atomic mass is 10.2. The van der Waals surface area contributed by atoms with Crippen LogP contribution in [-0.2, 0) is 16.0 Å². The summed E-state index contributed by atoms with van der Waals surface area (Å²) in [5.74, 6) is -0.112. The molecule has 0 aliphatic carbocycles. The van der Waals surface area contributed by atoms with E-state index in [0.29, 0.717) is 5.13 Å². The van der Waals surface area contributed by atoms with Gasteiger partial charge in [-0.05, 0) is 6.42 Å². The maximum absolute atomic E-state index is 12.1. The summed E-state index contributed by atoms with van der Waals surface area (Å²) in [7, 11) is 2.13. The molecule has 122 valence electrons. The van der Waals surface area contributed by atoms with E-state index in [1.54, 1.807) is 0 Å². The molecule has 0 saturated carbocycles. The molecular formula is C14H24N5O2S+. The highest BCUT2D eigenvalue weighted by atomic mass is 32.1. The third-order valence-corrected chi connectivity index (χ3v) is 4.61. The average molecular weight is 326 g/mol. The van der Waals surface area contributed by atoms with Crippen molar-refractivity contribution in [3.05, 3.63) is 5.01 Å². The van der Waals surface area contributed by atoms with Gasteiger partial charge in [0.05, 0.1) is 33.2 Å². The molecule has 0 unspecified atom stereocenters. The van der Waals surface area contributed by atoms with Crippen LogP contribution in [0.3, 0.4) is 0 Å². The number of likely N-dealkylation sites (N-methyl/N-ethyl adjacent to an activating group) is 1. The Balaban J connectivity index is 1.71. The van der Waals surface area contributed by atoms with Gasteiger partial charge in [0, 0.05) is 19.3 Å². The second kappa shape index (κ2) is 8.19. The Morgan fingerprint density at radius 3 is 2.68 bits per heavy atom. The van der Waals surface area contributed by atoms with Crippen molar-refractivity contribution in [3.8, 4) is 0 Å². The summed E-state index contributed by atoms with van der Waals surface area (Å²) in [4.78, 5) is 27.2. The van der Waals surface area contributed by atoms with Gasteiger partial charge in [-0.3, -0.25) is 9.59 Å². The number of carbonyl (C=O) groups excluding carboxylic acids is 2. The number of hydrogen-bond donors (Lipinski definition) is 2. The zero-order valence-corrected chi connectivity index (χ0v) is 14.0. The number of piperazine rings is 1. The van der Waals surface area contributed by atoms with Crippen LogP contribution >= 0.6 is 11.3 Å². The molecule has 1 aliphatic heterocycles. The predicted molar refractivity (Wildman–Crippen MR) is 85.0 cm³/mol. The first-order chi connectivity index (χ1) is 10.6. The normalized spacial score (nSPS) is 15.8. The molecule has 8 heteroatoms. The summed E-state index contributed by atoms with van der Waals surface area (Å²) >= 11 is 1.40. The third kappa shape index (κ3) is 5.03. The molecule has 2 heterocycles. The Kier molecular flexibility index (Phi) is 6.26. The molecule has 0 bridgehead atoms. The quantitative estimate of drug-likeness (QED) is 0.743. The number of hydrogen-bond acceptors (Lipinski definition) is 5. The lowest BCUT2D eigenvalue weighted by molar-refractivity contribution is -0.883. The molecule has 1 aromatic heterocycles. The Morgan fingerprint density at radius 2 is 2.00 bits per heavy atom. The van der Waals surface area contributed by atoms with Crippen LogP contribution in [-0.4, -0.2) is 60.1 Å². The van der Waals surface area contributed by atoms with Crippen molar-refractivity contribution in [2.24, 2.45) is 0 Å². The summed E-state index contributed by atoms with van der Waals surface area (Å²) in [6, 6.07) is 0. The van der Waals surface area contributed by atoms with Crippen molar-refractivity contribution in [2.75, 3.05) is 38.5 Å². The number of carbonyl (C=O) groups is 2. The fraction of sp³-hybridized carbons (Fsp3) is 0.714. The molecule has 0 spiro atoms. The van der Waals surface area contributed by atoms with Crippen molar-refractivity contribution in [3.63, 3.8) is 0 Å². The van der Waals surface area contributed by atoms with Crippen LogP contribution < -0.4 is 10.2 Å². The van der Waals surface area contributed by atoms with Crippen LogP contribution in [0.4, 0.5) is 5.13 Å². The maximum atomic E-state index is 12.1. The van der Waals surface area contributed by atoms with Gasteiger partial charge in [0.25, 0.3) is 0 Å². The van der Waals surface area contributed by atoms with E-state index in [9.17, 15) is 9.59 Å². The Morgan fingerprint density at radius 1 is 1.27 bits per heavy atom. The van der Waals surface area contributed by atoms with E-state index in [2.05, 4.69) is 29.5 Å². The summed E-state index contributed by atoms with van der Waals surface area (Å²) in [6.45, 7) is 5.59. The molecule has 0 aromatic carbocycles. The topological polar surface area (TPSA) is 79.6 Å². The Bertz CT molecular complexity index is 511. The molecule has 1 aromatic rings. The van der Waals surface area contributed by atoms with Gasteiger partial charge in [-0.15, -0.1) is 10.2 Å². The van der Waals surface area contributed by atoms with Crippen LogP contribution in [0, 0.1) is 0 Å². The summed E-state index contributed by atoms with van der Waals surface area (Å²) in [5.41, 5.74) is 0. The molecular weight excluding hydrogens is 302 g/mol. The zero-order chi connectivity index (χ0) is 15.9. The fourth-order valence-corrected chi connectivity index (χ4v) is 3.17. The number of aromatic nitrogens is 2. The average Bonchev–Trinajstić information content (AvgIpc) is 2.93. The van der Waals surface area contributed by atoms with Crippen molar-refractivity contribution in [1.82, 2.24) is 15.1 Å². The fourth-order valence-electron chi connectivity index (χ4n) is 2.32. The van der Waals surface area contributed by atoms with Gasteiger partial charge in [-0.25, -0.2) is 0 Å². The molecule has 22 heavy (non-hydrogen) atoms. The molecule has 0 radical (unpaired) electrons. The van der Waals surface area contributed by atoms with Gasteiger partial charge in [0.15, 0.2) is 0 Å². The third-order valence-electron chi connectivity index (χ3n) is 3.71. The minimum absolute atomic E-state index is 0.0617. The second-order valence-corrected chi connectivity index (χ2v) is 6.70. The maximum Gasteiger partial charge on any atom is 0.226 e. The lowest BCUT2D eigenvalue weighted by Crippen LogP contribution is -3.12. The van der Waals surface area contributed by atoms with Gasteiger partial charge >= 0.3 is 0 Å². The highest BCUT2D eigenvalue weighted by Crippen LogP contribution is 2.16. The van der Waals surface area contributed by atoms with E-state index in [1.165, 1.54) is 16.2 Å². The summed E-state index contributed by atoms with van der Waals surface area (Å²) < 4.78 is 0. The predicted octanol–water partition coefficient (Wildman–Crippen LogP) is -0.434. The molecule has 2 N–H and O–H groups in total. The standard InChI is InChI=1S/C14H23N5O2S/c1-3-4-12-16-17-14(22-12)15-11(20)5-6-13(21)19-9-7-18(2)8-10-19/h3-10H2,1-2H3,(H,15,17,20)/p+1. The van der Waals surface area contributed by atoms with E-state index in [1.807, 2.05) is 4.90 Å². The van der Waals surface area contributed by atoms with Crippen molar-refractivity contribution < 1.29 is 14.5 Å². The first-order valence-corrected chi connectivity index (χ1v) is 8.61. The van der Waals surface area contributed by atoms with Gasteiger partial charge in [-0.2, -0.15) is 0 Å². The van der Waals surface area contributed by atoms with Crippen LogP contribution in [0.5, 0.6) is 0 Å². The first-order valence-electron chi connectivity index (χ1n) is 7.79. The van der Waals surface area contributed by atoms with Crippen LogP contribution in [0.15, 0.2) is 0 Å². The molecule has 0 atom stereocenters. The van der Waals surface area contributed by atoms with Gasteiger partial charge in [0.1, 0.15) is 5.01 Å². The van der Waals surface area contributed by atoms with Gasteiger partial charge in [-0.1, -0.05) is 18.3 Å². The molecule has 1 saturated heterocycles. The zero-order valence-electron chi connectivity index (χ0n) is 13.2. The number of anilines is 1. The lowest BCUT2D eigenvalue weighted by Gasteiger charge is -2.30. The molecule has 1 aliphatic rings. The number of rotatable bonds is 6. The van der Waals surface area contributed by atoms with Crippen LogP contribution in [0.1, 0.15) is 31.2 Å². The van der Waals surface area contributed by atoms with Crippen molar-refractivity contribution in [2.45, 2.75) is 32.6 Å². The Hall–Kier alpha value is -1.54. The molecule has 2 amide bonds. The molecule has 1 fully saturated rings. The SMILES string of the molecule is CCCc1nnc(NC(=O)CCC(=O)N2CC[NH+](C)CC2)s1.